The molecule has 0 fully saturated rings. The molecule has 0 amide bonds. The van der Waals surface area contributed by atoms with Gasteiger partial charge in [-0.2, -0.15) is 0 Å². The maximum absolute atomic E-state index is 2.42. The van der Waals surface area contributed by atoms with Gasteiger partial charge in [-0.1, -0.05) is 394 Å². The van der Waals surface area contributed by atoms with Crippen LogP contribution in [0.5, 0.6) is 0 Å². The Bertz CT molecular complexity index is 6910. The van der Waals surface area contributed by atoms with E-state index in [0.717, 1.165) is 34.1 Å². The number of hydrogen-bond donors (Lipinski definition) is 0. The lowest BCUT2D eigenvalue weighted by molar-refractivity contribution is 0.768. The summed E-state index contributed by atoms with van der Waals surface area (Å²) in [6.07, 6.45) is 0. The van der Waals surface area contributed by atoms with Gasteiger partial charge in [0.25, 0.3) is 0 Å². The second kappa shape index (κ2) is 29.5. The summed E-state index contributed by atoms with van der Waals surface area (Å²) in [5.74, 6) is 0. The molecule has 2 nitrogen and oxygen atoms in total. The molecular formula is C115H80N2. The van der Waals surface area contributed by atoms with E-state index in [-0.39, 0.29) is 0 Å². The molecule has 22 rings (SSSR count). The quantitative estimate of drug-likeness (QED) is 0.100. The van der Waals surface area contributed by atoms with Crippen molar-refractivity contribution in [3.63, 3.8) is 0 Å². The third kappa shape index (κ3) is 11.7. The average molecular weight is 1490 g/mol. The first-order valence-electron chi connectivity index (χ1n) is 40.6. The lowest BCUT2D eigenvalue weighted by Crippen LogP contribution is -2.28. The van der Waals surface area contributed by atoms with Crippen molar-refractivity contribution in [1.82, 2.24) is 0 Å². The zero-order chi connectivity index (χ0) is 77.8. The van der Waals surface area contributed by atoms with E-state index in [2.05, 4.69) is 484 Å². The highest BCUT2D eigenvalue weighted by Crippen LogP contribution is 2.59. The molecule has 0 spiro atoms. The number of fused-ring (bicyclic) bond motifs is 10. The Labute approximate surface area is 684 Å². The Hall–Kier alpha value is -15.0. The molecule has 117 heavy (non-hydrogen) atoms. The van der Waals surface area contributed by atoms with Gasteiger partial charge < -0.3 is 9.80 Å². The van der Waals surface area contributed by atoms with Crippen molar-refractivity contribution >= 4 is 77.2 Å². The molecule has 20 aromatic carbocycles. The van der Waals surface area contributed by atoms with E-state index in [4.69, 9.17) is 0 Å². The summed E-state index contributed by atoms with van der Waals surface area (Å²) >= 11 is 0. The molecular weight excluding hydrogens is 1410 g/mol. The average Bonchev–Trinajstić information content (AvgIpc) is 1.53. The summed E-state index contributed by atoms with van der Waals surface area (Å²) in [6.45, 7) is 2.17. The molecule has 2 heteroatoms. The van der Waals surface area contributed by atoms with Crippen LogP contribution in [0.15, 0.2) is 467 Å². The van der Waals surface area contributed by atoms with E-state index in [9.17, 15) is 0 Å². The molecule has 0 atom stereocenters. The van der Waals surface area contributed by atoms with Crippen LogP contribution in [-0.4, -0.2) is 0 Å². The van der Waals surface area contributed by atoms with Gasteiger partial charge in [0.05, 0.1) is 10.8 Å². The number of para-hydroxylation sites is 1. The SMILES string of the molecule is Cc1cccc(N(c2ccc(-c3c4ccccc4c(-c4ccccc4)c4ccccc34)cc2)c2cccc(C3(c4ccccc4)c4ccccc4-c4ccccc43)c2)c1.c1ccc(-c2c3ccccc3c(-c3ccc(N(c4ccccc4)c4cccc(C5(c6ccccc6)c6ccccc6-c6ccccc65)c4)cc3)c3ccccc23)cc1. The zero-order valence-electron chi connectivity index (χ0n) is 64.9. The summed E-state index contributed by atoms with van der Waals surface area (Å²) in [5.41, 5.74) is 32.3. The third-order valence-corrected chi connectivity index (χ3v) is 24.5. The Morgan fingerprint density at radius 1 is 0.162 bits per heavy atom. The van der Waals surface area contributed by atoms with Crippen LogP contribution in [-0.2, 0) is 10.8 Å². The van der Waals surface area contributed by atoms with Gasteiger partial charge in [-0.05, 0) is 240 Å². The van der Waals surface area contributed by atoms with Crippen LogP contribution in [0.1, 0.15) is 50.1 Å². The van der Waals surface area contributed by atoms with Crippen molar-refractivity contribution < 1.29 is 0 Å². The van der Waals surface area contributed by atoms with Crippen LogP contribution in [0.2, 0.25) is 0 Å². The van der Waals surface area contributed by atoms with Gasteiger partial charge in [-0.25, -0.2) is 0 Å². The summed E-state index contributed by atoms with van der Waals surface area (Å²) in [6, 6.07) is 172. The molecule has 0 saturated carbocycles. The fourth-order valence-corrected chi connectivity index (χ4v) is 19.7. The van der Waals surface area contributed by atoms with Gasteiger partial charge in [0, 0.05) is 34.1 Å². The van der Waals surface area contributed by atoms with Crippen LogP contribution in [0.4, 0.5) is 34.1 Å². The number of rotatable bonds is 14. The van der Waals surface area contributed by atoms with Gasteiger partial charge in [0.15, 0.2) is 0 Å². The molecule has 2 aliphatic carbocycles. The Morgan fingerprint density at radius 3 is 0.701 bits per heavy atom. The first-order valence-corrected chi connectivity index (χ1v) is 40.6. The van der Waals surface area contributed by atoms with Gasteiger partial charge in [0.2, 0.25) is 0 Å². The molecule has 2 aliphatic rings. The normalized spacial score (nSPS) is 12.6. The highest BCUT2D eigenvalue weighted by molar-refractivity contribution is 6.23. The Morgan fingerprint density at radius 2 is 0.385 bits per heavy atom. The first-order chi connectivity index (χ1) is 58.0. The van der Waals surface area contributed by atoms with Gasteiger partial charge >= 0.3 is 0 Å². The molecule has 0 heterocycles. The molecule has 0 saturated heterocycles. The molecule has 0 unspecified atom stereocenters. The topological polar surface area (TPSA) is 6.48 Å². The monoisotopic (exact) mass is 1490 g/mol. The summed E-state index contributed by atoms with van der Waals surface area (Å²) < 4.78 is 0. The molecule has 0 N–H and O–H groups in total. The van der Waals surface area contributed by atoms with Crippen molar-refractivity contribution in [2.75, 3.05) is 9.80 Å². The highest BCUT2D eigenvalue weighted by atomic mass is 15.1. The number of nitrogens with zero attached hydrogens (tertiary/aromatic N) is 2. The zero-order valence-corrected chi connectivity index (χ0v) is 64.9. The lowest BCUT2D eigenvalue weighted by atomic mass is 9.67. The summed E-state index contributed by atoms with van der Waals surface area (Å²) in [7, 11) is 0. The van der Waals surface area contributed by atoms with Crippen molar-refractivity contribution in [2.24, 2.45) is 0 Å². The highest BCUT2D eigenvalue weighted by Gasteiger charge is 2.48. The first kappa shape index (κ1) is 69.9. The molecule has 20 aromatic rings. The number of hydrogen-bond acceptors (Lipinski definition) is 2. The predicted octanol–water partition coefficient (Wildman–Crippen LogP) is 30.6. The van der Waals surface area contributed by atoms with E-state index in [1.54, 1.807) is 0 Å². The summed E-state index contributed by atoms with van der Waals surface area (Å²) in [5, 5.41) is 10.1. The molecule has 0 aliphatic heterocycles. The minimum atomic E-state index is -0.486. The smallest absolute Gasteiger partial charge is 0.0714 e. The number of benzene rings is 20. The predicted molar refractivity (Wildman–Crippen MR) is 493 cm³/mol. The lowest BCUT2D eigenvalue weighted by Gasteiger charge is -2.35. The van der Waals surface area contributed by atoms with E-state index in [1.807, 2.05) is 0 Å². The molecule has 0 aromatic heterocycles. The van der Waals surface area contributed by atoms with E-state index in [0.29, 0.717) is 0 Å². The largest absolute Gasteiger partial charge is 0.310 e. The Kier molecular flexibility index (Phi) is 17.7. The fourth-order valence-electron chi connectivity index (χ4n) is 19.7. The van der Waals surface area contributed by atoms with Crippen LogP contribution < -0.4 is 9.80 Å². The van der Waals surface area contributed by atoms with Crippen molar-refractivity contribution in [3.8, 4) is 66.8 Å². The van der Waals surface area contributed by atoms with Gasteiger partial charge in [-0.3, -0.25) is 0 Å². The Balaban J connectivity index is 0.000000146. The standard InChI is InChI=1S/C58H41N.C57H39N/c1-40-18-16-24-46(38-40)59(47-25-17-23-44(39-47)58(43-21-6-3-7-22-43)54-32-14-12-26-48(54)49-27-13-15-33-55(49)58)45-36-34-42(35-37-45)57-52-30-10-8-28-50(52)56(41-19-4-2-5-20-41)51-29-9-11-31-53(51)57;1-4-19-40(20-5-1)55-49-29-10-12-31-51(49)56(52-32-13-11-30-50(52)55)41-35-37-45(38-36-41)58(44-24-8-3-9-25-44)46-26-18-23-43(39-46)57(42-21-6-2-7-22-42)53-33-16-14-27-47(53)48-28-15-17-34-54(48)57/h2-39H,1H3;1-39H. The van der Waals surface area contributed by atoms with Crippen LogP contribution in [0.3, 0.4) is 0 Å². The van der Waals surface area contributed by atoms with E-state index in [1.165, 1.54) is 160 Å². The number of aryl methyl sites for hydroxylation is 1. The molecule has 550 valence electrons. The third-order valence-electron chi connectivity index (χ3n) is 24.5. The number of anilines is 6. The van der Waals surface area contributed by atoms with Gasteiger partial charge in [0.1, 0.15) is 0 Å². The van der Waals surface area contributed by atoms with Gasteiger partial charge in [-0.15, -0.1) is 0 Å². The maximum atomic E-state index is 2.42. The van der Waals surface area contributed by atoms with Crippen molar-refractivity contribution in [1.29, 1.82) is 0 Å². The van der Waals surface area contributed by atoms with E-state index >= 15 is 0 Å². The molecule has 0 bridgehead atoms. The minimum absolute atomic E-state index is 0.481. The van der Waals surface area contributed by atoms with Crippen LogP contribution in [0, 0.1) is 6.92 Å². The fraction of sp³-hybridized carbons (Fsp3) is 0.0261. The maximum Gasteiger partial charge on any atom is 0.0714 e. The second-order valence-electron chi connectivity index (χ2n) is 30.9. The molecule has 0 radical (unpaired) electrons. The van der Waals surface area contributed by atoms with Crippen molar-refractivity contribution in [2.45, 2.75) is 17.8 Å². The minimum Gasteiger partial charge on any atom is -0.310 e. The van der Waals surface area contributed by atoms with E-state index < -0.39 is 10.8 Å². The van der Waals surface area contributed by atoms with Crippen molar-refractivity contribution in [3.05, 3.63) is 517 Å². The summed E-state index contributed by atoms with van der Waals surface area (Å²) in [4.78, 5) is 4.81. The second-order valence-corrected chi connectivity index (χ2v) is 30.9. The van der Waals surface area contributed by atoms with Crippen LogP contribution >= 0.6 is 0 Å². The van der Waals surface area contributed by atoms with Crippen LogP contribution in [0.25, 0.3) is 110 Å².